The normalized spacial score (nSPS) is 15.6. The highest BCUT2D eigenvalue weighted by Gasteiger charge is 2.22. The first-order valence-electron chi connectivity index (χ1n) is 6.69. The molecular formula is C14H23N3. The van der Waals surface area contributed by atoms with Gasteiger partial charge in [0.05, 0.1) is 0 Å². The van der Waals surface area contributed by atoms with Crippen LogP contribution in [-0.4, -0.2) is 24.6 Å². The molecule has 3 nitrogen and oxygen atoms in total. The fraction of sp³-hybridized carbons (Fsp3) is 0.643. The SMILES string of the molecule is CCCNCc1ccc(N(C)C2CCC2)nc1. The fourth-order valence-electron chi connectivity index (χ4n) is 2.10. The molecule has 0 radical (unpaired) electrons. The van der Waals surface area contributed by atoms with Gasteiger partial charge in [-0.2, -0.15) is 0 Å². The van der Waals surface area contributed by atoms with E-state index in [2.05, 4.69) is 41.3 Å². The number of rotatable bonds is 6. The second-order valence-electron chi connectivity index (χ2n) is 4.90. The third-order valence-corrected chi connectivity index (χ3v) is 3.55. The van der Waals surface area contributed by atoms with Crippen molar-refractivity contribution in [2.45, 2.75) is 45.2 Å². The van der Waals surface area contributed by atoms with Gasteiger partial charge in [-0.05, 0) is 43.9 Å². The molecule has 0 saturated heterocycles. The van der Waals surface area contributed by atoms with Crippen LogP contribution in [0, 0.1) is 0 Å². The predicted molar refractivity (Wildman–Crippen MR) is 72.3 cm³/mol. The summed E-state index contributed by atoms with van der Waals surface area (Å²) in [5.41, 5.74) is 1.27. The third kappa shape index (κ3) is 3.19. The number of anilines is 1. The topological polar surface area (TPSA) is 28.2 Å². The molecule has 1 aromatic rings. The molecule has 1 N–H and O–H groups in total. The Hall–Kier alpha value is -1.09. The van der Waals surface area contributed by atoms with E-state index in [1.165, 1.54) is 31.2 Å². The minimum atomic E-state index is 0.714. The number of hydrogen-bond acceptors (Lipinski definition) is 3. The van der Waals surface area contributed by atoms with Crippen LogP contribution in [0.5, 0.6) is 0 Å². The van der Waals surface area contributed by atoms with Crippen molar-refractivity contribution in [3.8, 4) is 0 Å². The summed E-state index contributed by atoms with van der Waals surface area (Å²) in [4.78, 5) is 6.86. The van der Waals surface area contributed by atoms with Gasteiger partial charge in [-0.25, -0.2) is 4.98 Å². The van der Waals surface area contributed by atoms with Crippen molar-refractivity contribution in [3.63, 3.8) is 0 Å². The molecule has 1 aliphatic carbocycles. The highest BCUT2D eigenvalue weighted by molar-refractivity contribution is 5.40. The zero-order valence-electron chi connectivity index (χ0n) is 10.9. The standard InChI is InChI=1S/C14H23N3/c1-3-9-15-10-12-7-8-14(16-11-12)17(2)13-5-4-6-13/h7-8,11,13,15H,3-6,9-10H2,1-2H3. The summed E-state index contributed by atoms with van der Waals surface area (Å²) in [6.45, 7) is 4.18. The smallest absolute Gasteiger partial charge is 0.128 e. The second kappa shape index (κ2) is 6.01. The van der Waals surface area contributed by atoms with Crippen LogP contribution in [0.15, 0.2) is 18.3 Å². The van der Waals surface area contributed by atoms with Gasteiger partial charge in [0.2, 0.25) is 0 Å². The molecule has 1 saturated carbocycles. The monoisotopic (exact) mass is 233 g/mol. The van der Waals surface area contributed by atoms with Gasteiger partial charge >= 0.3 is 0 Å². The van der Waals surface area contributed by atoms with Crippen LogP contribution in [0.3, 0.4) is 0 Å². The van der Waals surface area contributed by atoms with Crippen LogP contribution in [0.25, 0.3) is 0 Å². The highest BCUT2D eigenvalue weighted by Crippen LogP contribution is 2.26. The molecule has 1 fully saturated rings. The maximum atomic E-state index is 4.55. The average Bonchev–Trinajstić information content (AvgIpc) is 2.28. The summed E-state index contributed by atoms with van der Waals surface area (Å²) >= 11 is 0. The summed E-state index contributed by atoms with van der Waals surface area (Å²) in [5.74, 6) is 1.11. The summed E-state index contributed by atoms with van der Waals surface area (Å²) in [5, 5.41) is 3.39. The Labute approximate surface area is 104 Å². The molecule has 0 unspecified atom stereocenters. The van der Waals surface area contributed by atoms with Gasteiger partial charge in [-0.3, -0.25) is 0 Å². The minimum absolute atomic E-state index is 0.714. The molecule has 0 bridgehead atoms. The minimum Gasteiger partial charge on any atom is -0.357 e. The molecule has 1 heterocycles. The fourth-order valence-corrected chi connectivity index (χ4v) is 2.10. The van der Waals surface area contributed by atoms with Gasteiger partial charge in [0.15, 0.2) is 0 Å². The Bertz CT molecular complexity index is 330. The van der Waals surface area contributed by atoms with Crippen LogP contribution >= 0.6 is 0 Å². The molecule has 3 heteroatoms. The van der Waals surface area contributed by atoms with Gasteiger partial charge in [-0.15, -0.1) is 0 Å². The van der Waals surface area contributed by atoms with E-state index >= 15 is 0 Å². The van der Waals surface area contributed by atoms with E-state index in [4.69, 9.17) is 0 Å². The van der Waals surface area contributed by atoms with Crippen LogP contribution in [0.4, 0.5) is 5.82 Å². The van der Waals surface area contributed by atoms with Crippen molar-refractivity contribution < 1.29 is 0 Å². The Morgan fingerprint density at radius 2 is 2.24 bits per heavy atom. The van der Waals surface area contributed by atoms with Gasteiger partial charge in [0.25, 0.3) is 0 Å². The maximum Gasteiger partial charge on any atom is 0.128 e. The lowest BCUT2D eigenvalue weighted by Gasteiger charge is -2.35. The average molecular weight is 233 g/mol. The largest absolute Gasteiger partial charge is 0.357 e. The van der Waals surface area contributed by atoms with Crippen molar-refractivity contribution in [3.05, 3.63) is 23.9 Å². The third-order valence-electron chi connectivity index (χ3n) is 3.55. The molecule has 0 amide bonds. The first kappa shape index (κ1) is 12.4. The van der Waals surface area contributed by atoms with E-state index < -0.39 is 0 Å². The molecule has 2 rings (SSSR count). The van der Waals surface area contributed by atoms with E-state index in [0.29, 0.717) is 6.04 Å². The second-order valence-corrected chi connectivity index (χ2v) is 4.90. The Morgan fingerprint density at radius 1 is 1.41 bits per heavy atom. The van der Waals surface area contributed by atoms with Gasteiger partial charge in [0.1, 0.15) is 5.82 Å². The number of nitrogens with one attached hydrogen (secondary N) is 1. The van der Waals surface area contributed by atoms with Crippen LogP contribution in [0.2, 0.25) is 0 Å². The van der Waals surface area contributed by atoms with Crippen LogP contribution < -0.4 is 10.2 Å². The number of aromatic nitrogens is 1. The van der Waals surface area contributed by atoms with E-state index in [-0.39, 0.29) is 0 Å². The van der Waals surface area contributed by atoms with Crippen LogP contribution in [0.1, 0.15) is 38.2 Å². The van der Waals surface area contributed by atoms with E-state index in [1.54, 1.807) is 0 Å². The molecule has 0 aromatic carbocycles. The lowest BCUT2D eigenvalue weighted by Crippen LogP contribution is -2.37. The first-order chi connectivity index (χ1) is 8.31. The molecule has 0 aliphatic heterocycles. The van der Waals surface area contributed by atoms with E-state index in [9.17, 15) is 0 Å². The van der Waals surface area contributed by atoms with E-state index in [1.807, 2.05) is 6.20 Å². The van der Waals surface area contributed by atoms with Crippen molar-refractivity contribution in [1.29, 1.82) is 0 Å². The van der Waals surface area contributed by atoms with Crippen LogP contribution in [-0.2, 0) is 6.54 Å². The quantitative estimate of drug-likeness (QED) is 0.765. The summed E-state index contributed by atoms with van der Waals surface area (Å²) in [6, 6.07) is 5.04. The lowest BCUT2D eigenvalue weighted by atomic mass is 9.92. The Balaban J connectivity index is 1.88. The first-order valence-corrected chi connectivity index (χ1v) is 6.69. The van der Waals surface area contributed by atoms with Gasteiger partial charge in [-0.1, -0.05) is 13.0 Å². The highest BCUT2D eigenvalue weighted by atomic mass is 15.2. The summed E-state index contributed by atoms with van der Waals surface area (Å²) in [7, 11) is 2.15. The van der Waals surface area contributed by atoms with Gasteiger partial charge < -0.3 is 10.2 Å². The van der Waals surface area contributed by atoms with Crippen molar-refractivity contribution in [2.24, 2.45) is 0 Å². The van der Waals surface area contributed by atoms with Crippen molar-refractivity contribution in [2.75, 3.05) is 18.5 Å². The van der Waals surface area contributed by atoms with E-state index in [0.717, 1.165) is 18.9 Å². The Kier molecular flexibility index (Phi) is 4.37. The van der Waals surface area contributed by atoms with Crippen molar-refractivity contribution in [1.82, 2.24) is 10.3 Å². The van der Waals surface area contributed by atoms with Crippen molar-refractivity contribution >= 4 is 5.82 Å². The predicted octanol–water partition coefficient (Wildman–Crippen LogP) is 2.57. The maximum absolute atomic E-state index is 4.55. The lowest BCUT2D eigenvalue weighted by molar-refractivity contribution is 0.399. The zero-order chi connectivity index (χ0) is 12.1. The molecule has 1 aliphatic rings. The molecule has 94 valence electrons. The molecule has 0 atom stereocenters. The molecule has 1 aromatic heterocycles. The summed E-state index contributed by atoms with van der Waals surface area (Å²) in [6.07, 6.45) is 7.17. The number of pyridine rings is 1. The zero-order valence-corrected chi connectivity index (χ0v) is 10.9. The molecule has 17 heavy (non-hydrogen) atoms. The Morgan fingerprint density at radius 3 is 2.76 bits per heavy atom. The molecule has 0 spiro atoms. The number of hydrogen-bond donors (Lipinski definition) is 1. The summed E-state index contributed by atoms with van der Waals surface area (Å²) < 4.78 is 0. The molecular weight excluding hydrogens is 210 g/mol. The van der Waals surface area contributed by atoms with Gasteiger partial charge in [0, 0.05) is 25.8 Å². The number of nitrogens with zero attached hydrogens (tertiary/aromatic N) is 2.